The highest BCUT2D eigenvalue weighted by atomic mass is 16.7. The van der Waals surface area contributed by atoms with Crippen LogP contribution >= 0.6 is 0 Å². The molecular weight excluding hydrogens is 458 g/mol. The van der Waals surface area contributed by atoms with E-state index in [4.69, 9.17) is 24.3 Å². The summed E-state index contributed by atoms with van der Waals surface area (Å²) in [5.41, 5.74) is 3.57. The van der Waals surface area contributed by atoms with Crippen LogP contribution in [0.1, 0.15) is 18.5 Å². The first-order valence-electron chi connectivity index (χ1n) is 11.5. The molecular formula is C27H23N5O4. The second-order valence-corrected chi connectivity index (χ2v) is 8.43. The van der Waals surface area contributed by atoms with Crippen LogP contribution in [0, 0.1) is 0 Å². The van der Waals surface area contributed by atoms with Gasteiger partial charge in [-0.1, -0.05) is 24.3 Å². The molecule has 9 heteroatoms. The zero-order valence-corrected chi connectivity index (χ0v) is 19.7. The summed E-state index contributed by atoms with van der Waals surface area (Å²) in [6.07, 6.45) is 0. The summed E-state index contributed by atoms with van der Waals surface area (Å²) in [5, 5.41) is 11.1. The van der Waals surface area contributed by atoms with Gasteiger partial charge in [0.05, 0.1) is 12.7 Å². The summed E-state index contributed by atoms with van der Waals surface area (Å²) in [7, 11) is 1.62. The maximum atomic E-state index is 13.6. The minimum atomic E-state index is -0.543. The minimum Gasteiger partial charge on any atom is -0.497 e. The van der Waals surface area contributed by atoms with Gasteiger partial charge in [0.25, 0.3) is 5.91 Å². The number of para-hydroxylation sites is 1. The van der Waals surface area contributed by atoms with Crippen molar-refractivity contribution in [1.82, 2.24) is 14.8 Å². The quantitative estimate of drug-likeness (QED) is 0.429. The molecule has 3 heterocycles. The number of allylic oxidation sites excluding steroid dienone is 1. The second kappa shape index (κ2) is 8.77. The largest absolute Gasteiger partial charge is 0.497 e. The van der Waals surface area contributed by atoms with Gasteiger partial charge in [0, 0.05) is 16.9 Å². The summed E-state index contributed by atoms with van der Waals surface area (Å²) in [6.45, 7) is 2.03. The molecule has 2 aliphatic rings. The number of amides is 1. The third kappa shape index (κ3) is 3.80. The van der Waals surface area contributed by atoms with Crippen LogP contribution in [-0.2, 0) is 4.79 Å². The Bertz CT molecular complexity index is 1480. The lowest BCUT2D eigenvalue weighted by atomic mass is 9.94. The van der Waals surface area contributed by atoms with E-state index in [9.17, 15) is 4.79 Å². The zero-order valence-electron chi connectivity index (χ0n) is 19.7. The molecule has 36 heavy (non-hydrogen) atoms. The number of carbonyl (C=O) groups excluding carboxylic acids is 1. The first-order valence-corrected chi connectivity index (χ1v) is 11.5. The number of benzene rings is 3. The van der Waals surface area contributed by atoms with Crippen LogP contribution in [-0.4, -0.2) is 34.6 Å². The topological polar surface area (TPSA) is 99.5 Å². The van der Waals surface area contributed by atoms with Crippen molar-refractivity contribution in [2.45, 2.75) is 13.0 Å². The fraction of sp³-hybridized carbons (Fsp3) is 0.148. The molecule has 1 atom stereocenters. The maximum absolute atomic E-state index is 13.6. The normalized spacial score (nSPS) is 15.8. The van der Waals surface area contributed by atoms with Gasteiger partial charge < -0.3 is 24.8 Å². The second-order valence-electron chi connectivity index (χ2n) is 8.43. The number of hydrogen-bond donors (Lipinski definition) is 2. The Morgan fingerprint density at radius 1 is 1.06 bits per heavy atom. The van der Waals surface area contributed by atoms with Crippen LogP contribution in [0.5, 0.6) is 17.2 Å². The van der Waals surface area contributed by atoms with E-state index in [0.717, 1.165) is 16.9 Å². The Morgan fingerprint density at radius 3 is 2.61 bits per heavy atom. The summed E-state index contributed by atoms with van der Waals surface area (Å²) in [5.74, 6) is 2.88. The number of rotatable bonds is 5. The Morgan fingerprint density at radius 2 is 1.83 bits per heavy atom. The molecule has 0 bridgehead atoms. The molecule has 0 saturated carbocycles. The van der Waals surface area contributed by atoms with Crippen molar-refractivity contribution in [2.75, 3.05) is 24.5 Å². The first kappa shape index (κ1) is 21.7. The molecule has 180 valence electrons. The van der Waals surface area contributed by atoms with Crippen molar-refractivity contribution in [1.29, 1.82) is 0 Å². The Kier molecular flexibility index (Phi) is 5.29. The van der Waals surface area contributed by atoms with Crippen LogP contribution in [0.25, 0.3) is 11.4 Å². The number of nitrogens with zero attached hydrogens (tertiary/aromatic N) is 3. The summed E-state index contributed by atoms with van der Waals surface area (Å²) in [4.78, 5) is 18.3. The van der Waals surface area contributed by atoms with Crippen LogP contribution in [0.4, 0.5) is 11.6 Å². The number of fused-ring (bicyclic) bond motifs is 2. The highest BCUT2D eigenvalue weighted by Gasteiger charge is 2.35. The highest BCUT2D eigenvalue weighted by molar-refractivity contribution is 6.06. The van der Waals surface area contributed by atoms with Crippen molar-refractivity contribution in [3.05, 3.63) is 89.6 Å². The van der Waals surface area contributed by atoms with Gasteiger partial charge in [-0.3, -0.25) is 4.79 Å². The molecule has 1 unspecified atom stereocenters. The van der Waals surface area contributed by atoms with Gasteiger partial charge in [0.2, 0.25) is 12.7 Å². The van der Waals surface area contributed by atoms with Gasteiger partial charge in [-0.05, 0) is 61.0 Å². The van der Waals surface area contributed by atoms with E-state index in [1.807, 2.05) is 79.7 Å². The monoisotopic (exact) mass is 481 g/mol. The van der Waals surface area contributed by atoms with Gasteiger partial charge in [-0.25, -0.2) is 4.68 Å². The van der Waals surface area contributed by atoms with Crippen LogP contribution < -0.4 is 24.8 Å². The standard InChI is InChI=1S/C27H23N5O4/c1-16-23(26(33)29-19-6-4-3-5-7-19)24(18-10-13-21-22(14-18)36-15-35-21)32-27(28-16)30-25(31-32)17-8-11-20(34-2)12-9-17/h3-14,24H,15H2,1-2H3,(H,29,33)(H,28,30,31). The molecule has 1 aromatic heterocycles. The van der Waals surface area contributed by atoms with Gasteiger partial charge in [-0.15, -0.1) is 5.10 Å². The van der Waals surface area contributed by atoms with E-state index < -0.39 is 6.04 Å². The lowest BCUT2D eigenvalue weighted by Crippen LogP contribution is -2.31. The smallest absolute Gasteiger partial charge is 0.255 e. The molecule has 4 aromatic rings. The van der Waals surface area contributed by atoms with Crippen molar-refractivity contribution in [3.63, 3.8) is 0 Å². The molecule has 1 amide bonds. The lowest BCUT2D eigenvalue weighted by Gasteiger charge is -2.28. The van der Waals surface area contributed by atoms with E-state index in [0.29, 0.717) is 40.2 Å². The third-order valence-electron chi connectivity index (χ3n) is 6.19. The SMILES string of the molecule is COc1ccc(-c2nc3n(n2)C(c2ccc4c(c2)OCO4)C(C(=O)Nc2ccccc2)=C(C)N3)cc1. The number of hydrogen-bond acceptors (Lipinski definition) is 7. The first-order chi connectivity index (χ1) is 17.6. The van der Waals surface area contributed by atoms with E-state index >= 15 is 0 Å². The average molecular weight is 482 g/mol. The summed E-state index contributed by atoms with van der Waals surface area (Å²) in [6, 6.07) is 22.0. The molecule has 3 aromatic carbocycles. The molecule has 2 aliphatic heterocycles. The number of nitrogens with one attached hydrogen (secondary N) is 2. The van der Waals surface area contributed by atoms with E-state index in [1.54, 1.807) is 11.8 Å². The number of ether oxygens (including phenoxy) is 3. The molecule has 0 fully saturated rings. The predicted molar refractivity (Wildman–Crippen MR) is 134 cm³/mol. The fourth-order valence-corrected chi connectivity index (χ4v) is 4.42. The lowest BCUT2D eigenvalue weighted by molar-refractivity contribution is -0.113. The Hall–Kier alpha value is -4.79. The zero-order chi connectivity index (χ0) is 24.6. The number of methoxy groups -OCH3 is 1. The molecule has 6 rings (SSSR count). The van der Waals surface area contributed by atoms with Crippen LogP contribution in [0.2, 0.25) is 0 Å². The van der Waals surface area contributed by atoms with Gasteiger partial charge in [-0.2, -0.15) is 4.98 Å². The Balaban J connectivity index is 1.44. The third-order valence-corrected chi connectivity index (χ3v) is 6.19. The predicted octanol–water partition coefficient (Wildman–Crippen LogP) is 4.61. The minimum absolute atomic E-state index is 0.164. The molecule has 0 radical (unpaired) electrons. The summed E-state index contributed by atoms with van der Waals surface area (Å²) >= 11 is 0. The van der Waals surface area contributed by atoms with Gasteiger partial charge in [0.15, 0.2) is 17.3 Å². The molecule has 0 aliphatic carbocycles. The van der Waals surface area contributed by atoms with E-state index in [1.165, 1.54) is 0 Å². The van der Waals surface area contributed by atoms with Crippen molar-refractivity contribution >= 4 is 17.5 Å². The number of carbonyl (C=O) groups is 1. The number of aromatic nitrogens is 3. The van der Waals surface area contributed by atoms with Crippen molar-refractivity contribution in [2.24, 2.45) is 0 Å². The van der Waals surface area contributed by atoms with Crippen molar-refractivity contribution < 1.29 is 19.0 Å². The van der Waals surface area contributed by atoms with Gasteiger partial charge in [0.1, 0.15) is 11.8 Å². The maximum Gasteiger partial charge on any atom is 0.255 e. The van der Waals surface area contributed by atoms with E-state index in [2.05, 4.69) is 10.6 Å². The average Bonchev–Trinajstić information content (AvgIpc) is 3.55. The van der Waals surface area contributed by atoms with Gasteiger partial charge >= 0.3 is 0 Å². The molecule has 0 spiro atoms. The Labute approximate surface area is 207 Å². The highest BCUT2D eigenvalue weighted by Crippen LogP contribution is 2.41. The molecule has 2 N–H and O–H groups in total. The van der Waals surface area contributed by atoms with Crippen LogP contribution in [0.3, 0.4) is 0 Å². The van der Waals surface area contributed by atoms with Crippen molar-refractivity contribution in [3.8, 4) is 28.6 Å². The fourth-order valence-electron chi connectivity index (χ4n) is 4.42. The van der Waals surface area contributed by atoms with E-state index in [-0.39, 0.29) is 12.7 Å². The number of anilines is 2. The molecule has 0 saturated heterocycles. The molecule has 9 nitrogen and oxygen atoms in total. The summed E-state index contributed by atoms with van der Waals surface area (Å²) < 4.78 is 18.1. The van der Waals surface area contributed by atoms with Crippen LogP contribution in [0.15, 0.2) is 84.1 Å².